The molecular formula is C18H25FN2O3. The van der Waals surface area contributed by atoms with E-state index in [0.717, 1.165) is 38.1 Å². The maximum absolute atomic E-state index is 13.1. The molecule has 6 heteroatoms. The molecule has 2 aliphatic rings. The smallest absolute Gasteiger partial charge is 0.248 e. The standard InChI is InChI=1S/C18H25FN2O3/c1-20(2)17(22)12-24-16-11-21(15-4-3-9-23-18(15)16)10-13-5-7-14(19)8-6-13/h5-8,15-16,18H,3-4,9-12H2,1-2H3/t15-,16-,18+/m1/s1. The molecule has 1 aromatic carbocycles. The van der Waals surface area contributed by atoms with E-state index >= 15 is 0 Å². The highest BCUT2D eigenvalue weighted by molar-refractivity contribution is 5.76. The zero-order valence-corrected chi connectivity index (χ0v) is 14.3. The number of likely N-dealkylation sites (N-methyl/N-ethyl adjacent to an activating group) is 1. The number of amides is 1. The maximum atomic E-state index is 13.1. The lowest BCUT2D eigenvalue weighted by Crippen LogP contribution is -2.42. The van der Waals surface area contributed by atoms with Gasteiger partial charge in [-0.05, 0) is 30.5 Å². The molecule has 3 rings (SSSR count). The van der Waals surface area contributed by atoms with Crippen molar-refractivity contribution in [2.24, 2.45) is 0 Å². The summed E-state index contributed by atoms with van der Waals surface area (Å²) in [5, 5.41) is 0. The highest BCUT2D eigenvalue weighted by Crippen LogP contribution is 2.31. The third-order valence-corrected chi connectivity index (χ3v) is 4.80. The number of nitrogens with zero attached hydrogens (tertiary/aromatic N) is 2. The number of fused-ring (bicyclic) bond motifs is 1. The fourth-order valence-electron chi connectivity index (χ4n) is 3.46. The van der Waals surface area contributed by atoms with Gasteiger partial charge in [0.1, 0.15) is 18.5 Å². The average Bonchev–Trinajstić information content (AvgIpc) is 2.93. The molecule has 0 aromatic heterocycles. The van der Waals surface area contributed by atoms with Crippen molar-refractivity contribution in [3.8, 4) is 0 Å². The number of hydrogen-bond donors (Lipinski definition) is 0. The van der Waals surface area contributed by atoms with E-state index in [2.05, 4.69) is 4.90 Å². The number of halogens is 1. The molecule has 132 valence electrons. The summed E-state index contributed by atoms with van der Waals surface area (Å²) in [7, 11) is 3.45. The molecule has 0 unspecified atom stereocenters. The van der Waals surface area contributed by atoms with E-state index in [0.29, 0.717) is 6.04 Å². The van der Waals surface area contributed by atoms with E-state index in [1.165, 1.54) is 17.0 Å². The topological polar surface area (TPSA) is 42.0 Å². The normalized spacial score (nSPS) is 27.0. The van der Waals surface area contributed by atoms with Gasteiger partial charge in [-0.15, -0.1) is 0 Å². The first kappa shape index (κ1) is 17.3. The first-order chi connectivity index (χ1) is 11.5. The highest BCUT2D eigenvalue weighted by atomic mass is 19.1. The lowest BCUT2D eigenvalue weighted by molar-refractivity contribution is -0.139. The van der Waals surface area contributed by atoms with Crippen molar-refractivity contribution in [1.29, 1.82) is 0 Å². The fraction of sp³-hybridized carbons (Fsp3) is 0.611. The molecule has 0 aliphatic carbocycles. The minimum absolute atomic E-state index is 0.00848. The van der Waals surface area contributed by atoms with E-state index < -0.39 is 0 Å². The lowest BCUT2D eigenvalue weighted by Gasteiger charge is -2.32. The molecule has 5 nitrogen and oxygen atoms in total. The number of hydrogen-bond acceptors (Lipinski definition) is 4. The summed E-state index contributed by atoms with van der Waals surface area (Å²) in [4.78, 5) is 15.6. The van der Waals surface area contributed by atoms with E-state index in [1.807, 2.05) is 12.1 Å². The van der Waals surface area contributed by atoms with Gasteiger partial charge in [0.15, 0.2) is 0 Å². The van der Waals surface area contributed by atoms with Gasteiger partial charge in [0.05, 0.1) is 6.10 Å². The monoisotopic (exact) mass is 336 g/mol. The molecular weight excluding hydrogens is 311 g/mol. The van der Waals surface area contributed by atoms with E-state index in [-0.39, 0.29) is 30.5 Å². The Kier molecular flexibility index (Phi) is 5.48. The van der Waals surface area contributed by atoms with Crippen LogP contribution in [0.3, 0.4) is 0 Å². The molecule has 0 N–H and O–H groups in total. The molecule has 0 bridgehead atoms. The van der Waals surface area contributed by atoms with Gasteiger partial charge in [-0.2, -0.15) is 0 Å². The highest BCUT2D eigenvalue weighted by Gasteiger charge is 2.44. The number of ether oxygens (including phenoxy) is 2. The van der Waals surface area contributed by atoms with E-state index in [4.69, 9.17) is 9.47 Å². The number of likely N-dealkylation sites (tertiary alicyclic amines) is 1. The Balaban J connectivity index is 1.64. The molecule has 0 spiro atoms. The van der Waals surface area contributed by atoms with Crippen LogP contribution in [0, 0.1) is 5.82 Å². The Hall–Kier alpha value is -1.50. The van der Waals surface area contributed by atoms with Crippen molar-refractivity contribution < 1.29 is 18.7 Å². The van der Waals surface area contributed by atoms with Gasteiger partial charge in [0, 0.05) is 39.8 Å². The molecule has 3 atom stereocenters. The minimum atomic E-state index is -0.220. The van der Waals surface area contributed by atoms with Crippen molar-refractivity contribution in [2.75, 3.05) is 33.9 Å². The van der Waals surface area contributed by atoms with Gasteiger partial charge in [-0.3, -0.25) is 9.69 Å². The predicted octanol–water partition coefficient (Wildman–Crippen LogP) is 1.66. The van der Waals surface area contributed by atoms with Crippen molar-refractivity contribution in [2.45, 2.75) is 37.6 Å². The first-order valence-corrected chi connectivity index (χ1v) is 8.46. The molecule has 0 radical (unpaired) electrons. The molecule has 1 aromatic rings. The van der Waals surface area contributed by atoms with Gasteiger partial charge >= 0.3 is 0 Å². The SMILES string of the molecule is CN(C)C(=O)CO[C@@H]1CN(Cc2ccc(F)cc2)[C@@H]2CCCO[C@@H]21. The van der Waals surface area contributed by atoms with Crippen LogP contribution in [0.1, 0.15) is 18.4 Å². The lowest BCUT2D eigenvalue weighted by atomic mass is 10.0. The Morgan fingerprint density at radius 2 is 2.12 bits per heavy atom. The Bertz CT molecular complexity index is 564. The molecule has 2 heterocycles. The van der Waals surface area contributed by atoms with Gasteiger partial charge < -0.3 is 14.4 Å². The van der Waals surface area contributed by atoms with Crippen LogP contribution in [0.4, 0.5) is 4.39 Å². The van der Waals surface area contributed by atoms with Crippen LogP contribution in [-0.4, -0.2) is 67.8 Å². The largest absolute Gasteiger partial charge is 0.374 e. The Morgan fingerprint density at radius 3 is 2.83 bits per heavy atom. The van der Waals surface area contributed by atoms with E-state index in [9.17, 15) is 9.18 Å². The summed E-state index contributed by atoms with van der Waals surface area (Å²) in [6.07, 6.45) is 2.01. The van der Waals surface area contributed by atoms with E-state index in [1.54, 1.807) is 14.1 Å². The number of rotatable bonds is 5. The van der Waals surface area contributed by atoms with Gasteiger partial charge in [0.2, 0.25) is 5.91 Å². The van der Waals surface area contributed by atoms with Gasteiger partial charge in [-0.25, -0.2) is 4.39 Å². The zero-order chi connectivity index (χ0) is 17.1. The number of benzene rings is 1. The summed E-state index contributed by atoms with van der Waals surface area (Å²) < 4.78 is 24.9. The van der Waals surface area contributed by atoms with Crippen LogP contribution < -0.4 is 0 Å². The minimum Gasteiger partial charge on any atom is -0.374 e. The van der Waals surface area contributed by atoms with Crippen LogP contribution in [-0.2, 0) is 20.8 Å². The molecule has 2 saturated heterocycles. The summed E-state index contributed by atoms with van der Waals surface area (Å²) in [5.74, 6) is -0.262. The number of carbonyl (C=O) groups is 1. The molecule has 1 amide bonds. The first-order valence-electron chi connectivity index (χ1n) is 8.46. The number of carbonyl (C=O) groups excluding carboxylic acids is 1. The van der Waals surface area contributed by atoms with Crippen LogP contribution in [0.5, 0.6) is 0 Å². The average molecular weight is 336 g/mol. The van der Waals surface area contributed by atoms with Crippen molar-refractivity contribution in [3.05, 3.63) is 35.6 Å². The third-order valence-electron chi connectivity index (χ3n) is 4.80. The van der Waals surface area contributed by atoms with Crippen molar-refractivity contribution in [1.82, 2.24) is 9.80 Å². The fourth-order valence-corrected chi connectivity index (χ4v) is 3.46. The van der Waals surface area contributed by atoms with Crippen LogP contribution in [0.2, 0.25) is 0 Å². The van der Waals surface area contributed by atoms with Crippen LogP contribution in [0.15, 0.2) is 24.3 Å². The van der Waals surface area contributed by atoms with Gasteiger partial charge in [0.25, 0.3) is 0 Å². The summed E-state index contributed by atoms with van der Waals surface area (Å²) >= 11 is 0. The Morgan fingerprint density at radius 1 is 1.38 bits per heavy atom. The molecule has 2 fully saturated rings. The molecule has 0 saturated carbocycles. The predicted molar refractivity (Wildman–Crippen MR) is 88.0 cm³/mol. The van der Waals surface area contributed by atoms with Crippen molar-refractivity contribution in [3.63, 3.8) is 0 Å². The second-order valence-electron chi connectivity index (χ2n) is 6.74. The second-order valence-corrected chi connectivity index (χ2v) is 6.74. The molecule has 2 aliphatic heterocycles. The van der Waals surface area contributed by atoms with Gasteiger partial charge in [-0.1, -0.05) is 12.1 Å². The summed E-state index contributed by atoms with van der Waals surface area (Å²) in [5.41, 5.74) is 1.07. The quantitative estimate of drug-likeness (QED) is 0.820. The summed E-state index contributed by atoms with van der Waals surface area (Å²) in [6, 6.07) is 6.91. The maximum Gasteiger partial charge on any atom is 0.248 e. The zero-order valence-electron chi connectivity index (χ0n) is 14.3. The second kappa shape index (κ2) is 7.59. The summed E-state index contributed by atoms with van der Waals surface area (Å²) in [6.45, 7) is 2.29. The van der Waals surface area contributed by atoms with Crippen LogP contribution in [0.25, 0.3) is 0 Å². The van der Waals surface area contributed by atoms with Crippen LogP contribution >= 0.6 is 0 Å². The third kappa shape index (κ3) is 3.94. The Labute approximate surface area is 142 Å². The molecule has 24 heavy (non-hydrogen) atoms. The van der Waals surface area contributed by atoms with Crippen molar-refractivity contribution >= 4 is 5.91 Å².